The first kappa shape index (κ1) is 25.4. The summed E-state index contributed by atoms with van der Waals surface area (Å²) in [5.74, 6) is 2.91. The standard InChI is InChI=1S/C28H35N5O4/c1-16-24(10-19-13-33(14-19)28(35)20-8-9-20)30-27(31-26(16)25-17(2)32-37-18(25)3)21-6-5-7-23(11-21)36-15-22(34)12-29-4/h5-7,11,19-20,22,29,34H,8-10,12-15H2,1-4H3. The minimum Gasteiger partial charge on any atom is -0.491 e. The van der Waals surface area contributed by atoms with Crippen LogP contribution in [-0.2, 0) is 11.2 Å². The number of likely N-dealkylation sites (tertiary alicyclic amines) is 1. The number of hydrogen-bond donors (Lipinski definition) is 2. The average molecular weight is 506 g/mol. The van der Waals surface area contributed by atoms with E-state index in [9.17, 15) is 9.90 Å². The van der Waals surface area contributed by atoms with Crippen LogP contribution in [0, 0.1) is 32.6 Å². The van der Waals surface area contributed by atoms with E-state index >= 15 is 0 Å². The van der Waals surface area contributed by atoms with Crippen molar-refractivity contribution in [3.63, 3.8) is 0 Å². The summed E-state index contributed by atoms with van der Waals surface area (Å²) in [5, 5.41) is 17.1. The zero-order valence-electron chi connectivity index (χ0n) is 22.0. The van der Waals surface area contributed by atoms with E-state index in [1.807, 2.05) is 43.0 Å². The van der Waals surface area contributed by atoms with Crippen LogP contribution in [0.1, 0.15) is 35.6 Å². The molecule has 2 fully saturated rings. The van der Waals surface area contributed by atoms with E-state index in [1.165, 1.54) is 0 Å². The van der Waals surface area contributed by atoms with Gasteiger partial charge in [-0.2, -0.15) is 0 Å². The van der Waals surface area contributed by atoms with Crippen molar-refractivity contribution < 1.29 is 19.2 Å². The lowest BCUT2D eigenvalue weighted by atomic mass is 9.91. The third-order valence-corrected chi connectivity index (χ3v) is 7.17. The summed E-state index contributed by atoms with van der Waals surface area (Å²) >= 11 is 0. The molecular weight excluding hydrogens is 470 g/mol. The second kappa shape index (κ2) is 10.6. The molecule has 0 radical (unpaired) electrons. The molecule has 9 nitrogen and oxygen atoms in total. The average Bonchev–Trinajstić information content (AvgIpc) is 3.66. The zero-order chi connectivity index (χ0) is 26.1. The largest absolute Gasteiger partial charge is 0.491 e. The van der Waals surface area contributed by atoms with Crippen molar-refractivity contribution in [2.45, 2.75) is 46.1 Å². The Balaban J connectivity index is 1.43. The van der Waals surface area contributed by atoms with Gasteiger partial charge < -0.3 is 24.6 Å². The molecular formula is C28H35N5O4. The number of aliphatic hydroxyl groups is 1. The lowest BCUT2D eigenvalue weighted by Crippen LogP contribution is -2.51. The topological polar surface area (TPSA) is 114 Å². The van der Waals surface area contributed by atoms with E-state index in [2.05, 4.69) is 17.4 Å². The predicted molar refractivity (Wildman–Crippen MR) is 139 cm³/mol. The van der Waals surface area contributed by atoms with Crippen molar-refractivity contribution >= 4 is 5.91 Å². The van der Waals surface area contributed by atoms with Crippen molar-refractivity contribution in [3.8, 4) is 28.4 Å². The molecule has 3 heterocycles. The van der Waals surface area contributed by atoms with Gasteiger partial charge in [0.05, 0.1) is 17.0 Å². The monoisotopic (exact) mass is 505 g/mol. The van der Waals surface area contributed by atoms with Gasteiger partial charge in [0.2, 0.25) is 5.91 Å². The molecule has 37 heavy (non-hydrogen) atoms. The molecule has 0 bridgehead atoms. The fraction of sp³-hybridized carbons (Fsp3) is 0.500. The highest BCUT2D eigenvalue weighted by Gasteiger charge is 2.39. The van der Waals surface area contributed by atoms with Gasteiger partial charge in [0.25, 0.3) is 0 Å². The van der Waals surface area contributed by atoms with E-state index in [1.54, 1.807) is 7.05 Å². The zero-order valence-corrected chi connectivity index (χ0v) is 22.0. The van der Waals surface area contributed by atoms with Gasteiger partial charge in [-0.3, -0.25) is 4.79 Å². The van der Waals surface area contributed by atoms with Gasteiger partial charge in [0, 0.05) is 36.8 Å². The van der Waals surface area contributed by atoms with E-state index in [0.717, 1.165) is 71.9 Å². The Morgan fingerprint density at radius 1 is 1.24 bits per heavy atom. The molecule has 196 valence electrons. The van der Waals surface area contributed by atoms with Gasteiger partial charge in [-0.25, -0.2) is 9.97 Å². The molecule has 1 aromatic carbocycles. The van der Waals surface area contributed by atoms with Crippen LogP contribution in [-0.4, -0.2) is 70.4 Å². The summed E-state index contributed by atoms with van der Waals surface area (Å²) in [5.41, 5.74) is 5.30. The molecule has 2 N–H and O–H groups in total. The highest BCUT2D eigenvalue weighted by molar-refractivity contribution is 5.81. The van der Waals surface area contributed by atoms with Gasteiger partial charge >= 0.3 is 0 Å². The summed E-state index contributed by atoms with van der Waals surface area (Å²) in [7, 11) is 1.79. The van der Waals surface area contributed by atoms with Crippen molar-refractivity contribution in [1.82, 2.24) is 25.3 Å². The molecule has 0 spiro atoms. The molecule has 1 amide bonds. The molecule has 5 rings (SSSR count). The predicted octanol–water partition coefficient (Wildman–Crippen LogP) is 3.09. The van der Waals surface area contributed by atoms with E-state index in [-0.39, 0.29) is 12.5 Å². The Morgan fingerprint density at radius 2 is 2.03 bits per heavy atom. The van der Waals surface area contributed by atoms with Crippen molar-refractivity contribution in [2.75, 3.05) is 33.3 Å². The molecule has 3 aromatic rings. The minimum absolute atomic E-state index is 0.187. The number of amides is 1. The number of nitrogens with one attached hydrogen (secondary N) is 1. The highest BCUT2D eigenvalue weighted by atomic mass is 16.5. The van der Waals surface area contributed by atoms with Crippen LogP contribution in [0.5, 0.6) is 5.75 Å². The summed E-state index contributed by atoms with van der Waals surface area (Å²) < 4.78 is 11.3. The second-order valence-electron chi connectivity index (χ2n) is 10.3. The number of rotatable bonds is 10. The maximum absolute atomic E-state index is 12.4. The fourth-order valence-electron chi connectivity index (χ4n) is 4.91. The van der Waals surface area contributed by atoms with Gasteiger partial charge in [-0.05, 0) is 70.7 Å². The Labute approximate surface area is 217 Å². The number of carbonyl (C=O) groups is 1. The first-order valence-corrected chi connectivity index (χ1v) is 13.0. The normalized spacial score (nSPS) is 16.5. The number of nitrogens with zero attached hydrogens (tertiary/aromatic N) is 4. The molecule has 2 aromatic heterocycles. The van der Waals surface area contributed by atoms with Gasteiger partial charge in [0.1, 0.15) is 24.2 Å². The van der Waals surface area contributed by atoms with Crippen molar-refractivity contribution in [1.29, 1.82) is 0 Å². The number of aromatic nitrogens is 3. The van der Waals surface area contributed by atoms with E-state index < -0.39 is 6.10 Å². The summed E-state index contributed by atoms with van der Waals surface area (Å²) in [6.07, 6.45) is 2.24. The molecule has 1 saturated heterocycles. The Hall–Kier alpha value is -3.30. The Bertz CT molecular complexity index is 1260. The highest BCUT2D eigenvalue weighted by Crippen LogP contribution is 2.36. The SMILES string of the molecule is CNCC(O)COc1cccc(-c2nc(CC3CN(C(=O)C4CC4)C3)c(C)c(-c3c(C)noc3C)n2)c1. The number of aliphatic hydroxyl groups excluding tert-OH is 1. The van der Waals surface area contributed by atoms with Crippen molar-refractivity contribution in [2.24, 2.45) is 11.8 Å². The molecule has 9 heteroatoms. The third kappa shape index (κ3) is 5.52. The van der Waals surface area contributed by atoms with Crippen LogP contribution in [0.25, 0.3) is 22.6 Å². The second-order valence-corrected chi connectivity index (χ2v) is 10.3. The number of ether oxygens (including phenoxy) is 1. The van der Waals surface area contributed by atoms with Gasteiger partial charge in [0.15, 0.2) is 5.82 Å². The van der Waals surface area contributed by atoms with Gasteiger partial charge in [-0.15, -0.1) is 0 Å². The van der Waals surface area contributed by atoms with E-state index in [4.69, 9.17) is 19.2 Å². The minimum atomic E-state index is -0.601. The molecule has 1 atom stereocenters. The van der Waals surface area contributed by atoms with Crippen LogP contribution in [0.4, 0.5) is 0 Å². The molecule has 1 saturated carbocycles. The van der Waals surface area contributed by atoms with Crippen molar-refractivity contribution in [3.05, 3.63) is 47.0 Å². The third-order valence-electron chi connectivity index (χ3n) is 7.17. The lowest BCUT2D eigenvalue weighted by molar-refractivity contribution is -0.138. The summed E-state index contributed by atoms with van der Waals surface area (Å²) in [4.78, 5) is 24.3. The molecule has 1 aliphatic heterocycles. The van der Waals surface area contributed by atoms with Crippen LogP contribution < -0.4 is 10.1 Å². The number of hydrogen-bond acceptors (Lipinski definition) is 8. The summed E-state index contributed by atoms with van der Waals surface area (Å²) in [6.45, 7) is 8.08. The lowest BCUT2D eigenvalue weighted by Gasteiger charge is -2.39. The first-order chi connectivity index (χ1) is 17.8. The van der Waals surface area contributed by atoms with Crippen LogP contribution in [0.2, 0.25) is 0 Å². The van der Waals surface area contributed by atoms with Crippen LogP contribution in [0.15, 0.2) is 28.8 Å². The molecule has 1 aliphatic carbocycles. The number of benzene rings is 1. The molecule has 1 unspecified atom stereocenters. The van der Waals surface area contributed by atoms with Crippen LogP contribution in [0.3, 0.4) is 0 Å². The Morgan fingerprint density at radius 3 is 2.70 bits per heavy atom. The van der Waals surface area contributed by atoms with Crippen LogP contribution >= 0.6 is 0 Å². The maximum atomic E-state index is 12.4. The number of carbonyl (C=O) groups excluding carboxylic acids is 1. The first-order valence-electron chi connectivity index (χ1n) is 13.0. The molecule has 2 aliphatic rings. The number of aryl methyl sites for hydroxylation is 2. The number of likely N-dealkylation sites (N-methyl/N-ethyl adjacent to an activating group) is 1. The summed E-state index contributed by atoms with van der Waals surface area (Å²) in [6, 6.07) is 7.62. The maximum Gasteiger partial charge on any atom is 0.225 e. The smallest absolute Gasteiger partial charge is 0.225 e. The van der Waals surface area contributed by atoms with Gasteiger partial charge in [-0.1, -0.05) is 17.3 Å². The Kier molecular flexibility index (Phi) is 7.26. The fourth-order valence-corrected chi connectivity index (χ4v) is 4.91. The quantitative estimate of drug-likeness (QED) is 0.432. The van der Waals surface area contributed by atoms with E-state index in [0.29, 0.717) is 29.9 Å².